The van der Waals surface area contributed by atoms with E-state index in [9.17, 15) is 4.79 Å². The van der Waals surface area contributed by atoms with Gasteiger partial charge >= 0.3 is 5.97 Å². The second kappa shape index (κ2) is 7.13. The number of carbonyl (C=O) groups excluding carboxylic acids is 1. The molecule has 0 aliphatic rings. The Hall–Kier alpha value is -1.39. The van der Waals surface area contributed by atoms with Gasteiger partial charge in [-0.05, 0) is 30.2 Å². The maximum Gasteiger partial charge on any atom is 0.319 e. The summed E-state index contributed by atoms with van der Waals surface area (Å²) in [5, 5.41) is 0. The number of esters is 1. The predicted molar refractivity (Wildman–Crippen MR) is 72.0 cm³/mol. The van der Waals surface area contributed by atoms with Crippen LogP contribution in [0.1, 0.15) is 23.6 Å². The Morgan fingerprint density at radius 2 is 2.17 bits per heavy atom. The van der Waals surface area contributed by atoms with E-state index in [-0.39, 0.29) is 5.97 Å². The van der Waals surface area contributed by atoms with E-state index in [4.69, 9.17) is 5.73 Å². The first-order valence-corrected chi connectivity index (χ1v) is 6.18. The highest BCUT2D eigenvalue weighted by Gasteiger charge is 2.10. The van der Waals surface area contributed by atoms with Crippen LogP contribution < -0.4 is 5.73 Å². The van der Waals surface area contributed by atoms with Crippen LogP contribution in [0.25, 0.3) is 0 Å². The lowest BCUT2D eigenvalue weighted by atomic mass is 10.0. The van der Waals surface area contributed by atoms with Gasteiger partial charge in [0.1, 0.15) is 0 Å². The number of carbonyl (C=O) groups is 1. The van der Waals surface area contributed by atoms with Crippen LogP contribution in [0, 0.1) is 6.92 Å². The molecule has 1 rings (SSSR count). The third kappa shape index (κ3) is 4.13. The lowest BCUT2D eigenvalue weighted by Crippen LogP contribution is -2.30. The molecule has 0 atom stereocenters. The molecule has 0 spiro atoms. The molecule has 0 bridgehead atoms. The Morgan fingerprint density at radius 1 is 1.44 bits per heavy atom. The van der Waals surface area contributed by atoms with Crippen molar-refractivity contribution in [1.82, 2.24) is 4.90 Å². The summed E-state index contributed by atoms with van der Waals surface area (Å²) >= 11 is 0. The molecule has 2 N–H and O–H groups in total. The molecule has 0 fully saturated rings. The van der Waals surface area contributed by atoms with Crippen molar-refractivity contribution < 1.29 is 9.53 Å². The van der Waals surface area contributed by atoms with Gasteiger partial charge in [-0.2, -0.15) is 0 Å². The average molecular weight is 250 g/mol. The Bertz CT molecular complexity index is 405. The van der Waals surface area contributed by atoms with E-state index in [1.165, 1.54) is 18.2 Å². The van der Waals surface area contributed by atoms with Gasteiger partial charge in [0, 0.05) is 13.1 Å². The normalized spacial score (nSPS) is 10.7. The summed E-state index contributed by atoms with van der Waals surface area (Å²) in [6, 6.07) is 6.22. The third-order valence-corrected chi connectivity index (χ3v) is 3.06. The first-order chi connectivity index (χ1) is 8.60. The summed E-state index contributed by atoms with van der Waals surface area (Å²) < 4.78 is 4.69. The van der Waals surface area contributed by atoms with E-state index in [2.05, 4.69) is 28.7 Å². The minimum absolute atomic E-state index is 0.201. The van der Waals surface area contributed by atoms with Gasteiger partial charge in [0.15, 0.2) is 0 Å². The molecule has 0 saturated heterocycles. The zero-order valence-corrected chi connectivity index (χ0v) is 11.4. The lowest BCUT2D eigenvalue weighted by molar-refractivity contribution is -0.142. The molecule has 0 heterocycles. The Morgan fingerprint density at radius 3 is 2.67 bits per heavy atom. The summed E-state index contributed by atoms with van der Waals surface area (Å²) in [4.78, 5) is 13.3. The molecule has 0 amide bonds. The maximum absolute atomic E-state index is 11.3. The molecule has 0 aromatic heterocycles. The number of likely N-dealkylation sites (N-methyl/N-ethyl adjacent to an activating group) is 1. The standard InChI is InChI=1S/C14H22N2O2/c1-4-16(10-14(17)18-3)9-13-6-5-12(8-15)7-11(13)2/h5-7H,4,8-10,15H2,1-3H3. The smallest absolute Gasteiger partial charge is 0.319 e. The molecule has 4 heteroatoms. The van der Waals surface area contributed by atoms with Crippen LogP contribution in [-0.4, -0.2) is 31.1 Å². The number of aryl methyl sites for hydroxylation is 1. The van der Waals surface area contributed by atoms with Crippen molar-refractivity contribution in [2.45, 2.75) is 26.9 Å². The molecule has 0 aliphatic heterocycles. The molecule has 1 aromatic rings. The molecule has 0 saturated carbocycles. The van der Waals surface area contributed by atoms with Crippen LogP contribution in [0.5, 0.6) is 0 Å². The predicted octanol–water partition coefficient (Wildman–Crippen LogP) is 1.45. The fourth-order valence-electron chi connectivity index (χ4n) is 1.83. The summed E-state index contributed by atoms with van der Waals surface area (Å²) in [5.74, 6) is -0.201. The first kappa shape index (κ1) is 14.7. The quantitative estimate of drug-likeness (QED) is 0.776. The summed E-state index contributed by atoms with van der Waals surface area (Å²) in [6.45, 7) is 6.55. The first-order valence-electron chi connectivity index (χ1n) is 6.18. The second-order valence-corrected chi connectivity index (χ2v) is 4.34. The van der Waals surface area contributed by atoms with Crippen molar-refractivity contribution >= 4 is 5.97 Å². The summed E-state index contributed by atoms with van der Waals surface area (Å²) in [7, 11) is 1.41. The molecular formula is C14H22N2O2. The Balaban J connectivity index is 2.72. The number of hydrogen-bond acceptors (Lipinski definition) is 4. The van der Waals surface area contributed by atoms with Crippen LogP contribution in [0.15, 0.2) is 18.2 Å². The zero-order valence-electron chi connectivity index (χ0n) is 11.4. The highest BCUT2D eigenvalue weighted by Crippen LogP contribution is 2.13. The van der Waals surface area contributed by atoms with Crippen LogP contribution in [0.3, 0.4) is 0 Å². The molecule has 0 radical (unpaired) electrons. The number of benzene rings is 1. The highest BCUT2D eigenvalue weighted by atomic mass is 16.5. The van der Waals surface area contributed by atoms with Gasteiger partial charge in [-0.15, -0.1) is 0 Å². The Labute approximate surface area is 109 Å². The second-order valence-electron chi connectivity index (χ2n) is 4.34. The van der Waals surface area contributed by atoms with E-state index in [1.807, 2.05) is 13.0 Å². The van der Waals surface area contributed by atoms with E-state index in [1.54, 1.807) is 0 Å². The third-order valence-electron chi connectivity index (χ3n) is 3.06. The van der Waals surface area contributed by atoms with E-state index < -0.39 is 0 Å². The lowest BCUT2D eigenvalue weighted by Gasteiger charge is -2.20. The number of nitrogens with zero attached hydrogens (tertiary/aromatic N) is 1. The van der Waals surface area contributed by atoms with Gasteiger partial charge in [0.2, 0.25) is 0 Å². The van der Waals surface area contributed by atoms with Crippen LogP contribution in [-0.2, 0) is 22.6 Å². The summed E-state index contributed by atoms with van der Waals surface area (Å²) in [5.41, 5.74) is 9.17. The van der Waals surface area contributed by atoms with Crippen molar-refractivity contribution in [3.05, 3.63) is 34.9 Å². The fourth-order valence-corrected chi connectivity index (χ4v) is 1.83. The summed E-state index contributed by atoms with van der Waals surface area (Å²) in [6.07, 6.45) is 0. The number of nitrogens with two attached hydrogens (primary N) is 1. The number of hydrogen-bond donors (Lipinski definition) is 1. The zero-order chi connectivity index (χ0) is 13.5. The maximum atomic E-state index is 11.3. The topological polar surface area (TPSA) is 55.6 Å². The van der Waals surface area contributed by atoms with Crippen LogP contribution in [0.4, 0.5) is 0 Å². The van der Waals surface area contributed by atoms with Crippen molar-refractivity contribution in [3.63, 3.8) is 0 Å². The minimum atomic E-state index is -0.201. The van der Waals surface area contributed by atoms with Crippen LogP contribution >= 0.6 is 0 Å². The Kier molecular flexibility index (Phi) is 5.82. The molecular weight excluding hydrogens is 228 g/mol. The highest BCUT2D eigenvalue weighted by molar-refractivity contribution is 5.71. The molecule has 0 aliphatic carbocycles. The molecule has 100 valence electrons. The van der Waals surface area contributed by atoms with Gasteiger partial charge < -0.3 is 10.5 Å². The van der Waals surface area contributed by atoms with Gasteiger partial charge in [-0.3, -0.25) is 9.69 Å². The van der Waals surface area contributed by atoms with Gasteiger partial charge in [0.05, 0.1) is 13.7 Å². The monoisotopic (exact) mass is 250 g/mol. The van der Waals surface area contributed by atoms with Gasteiger partial charge in [0.25, 0.3) is 0 Å². The van der Waals surface area contributed by atoms with E-state index >= 15 is 0 Å². The van der Waals surface area contributed by atoms with Crippen molar-refractivity contribution in [2.75, 3.05) is 20.2 Å². The largest absolute Gasteiger partial charge is 0.468 e. The molecule has 18 heavy (non-hydrogen) atoms. The minimum Gasteiger partial charge on any atom is -0.468 e. The molecule has 4 nitrogen and oxygen atoms in total. The van der Waals surface area contributed by atoms with Crippen molar-refractivity contribution in [3.8, 4) is 0 Å². The number of rotatable bonds is 6. The van der Waals surface area contributed by atoms with Crippen LogP contribution in [0.2, 0.25) is 0 Å². The van der Waals surface area contributed by atoms with Gasteiger partial charge in [-0.1, -0.05) is 25.1 Å². The molecule has 0 unspecified atom stereocenters. The van der Waals surface area contributed by atoms with Gasteiger partial charge in [-0.25, -0.2) is 0 Å². The van der Waals surface area contributed by atoms with Crippen molar-refractivity contribution in [2.24, 2.45) is 5.73 Å². The van der Waals surface area contributed by atoms with E-state index in [0.717, 1.165) is 18.7 Å². The van der Waals surface area contributed by atoms with Crippen molar-refractivity contribution in [1.29, 1.82) is 0 Å². The molecule has 1 aromatic carbocycles. The average Bonchev–Trinajstić information content (AvgIpc) is 2.39. The van der Waals surface area contributed by atoms with E-state index in [0.29, 0.717) is 13.1 Å². The number of methoxy groups -OCH3 is 1. The number of ether oxygens (including phenoxy) is 1. The fraction of sp³-hybridized carbons (Fsp3) is 0.500. The SMILES string of the molecule is CCN(CC(=O)OC)Cc1ccc(CN)cc1C.